The first-order valence-electron chi connectivity index (χ1n) is 4.94. The van der Waals surface area contributed by atoms with Gasteiger partial charge in [-0.3, -0.25) is 0 Å². The van der Waals surface area contributed by atoms with Crippen molar-refractivity contribution in [1.82, 2.24) is 9.97 Å². The number of furan rings is 1. The minimum absolute atomic E-state index is 0.760. The van der Waals surface area contributed by atoms with Crippen molar-refractivity contribution in [3.8, 4) is 0 Å². The molecule has 4 nitrogen and oxygen atoms in total. The first-order chi connectivity index (χ1) is 7.69. The molecule has 0 saturated heterocycles. The Morgan fingerprint density at radius 2 is 2.12 bits per heavy atom. The molecule has 2 aromatic rings. The van der Waals surface area contributed by atoms with Gasteiger partial charge in [-0.15, -0.1) is 0 Å². The van der Waals surface area contributed by atoms with Crippen molar-refractivity contribution in [2.24, 2.45) is 0 Å². The Kier molecular flexibility index (Phi) is 3.14. The van der Waals surface area contributed by atoms with E-state index < -0.39 is 0 Å². The standard InChI is InChI=1S/C11H13N3OS/c1-7-9(4-5-15-7)16-11-6-10(12-3)13-8(2)14-11/h4-6H,1-3H3,(H,12,13,14). The zero-order valence-corrected chi connectivity index (χ0v) is 10.3. The molecule has 0 aliphatic heterocycles. The van der Waals surface area contributed by atoms with E-state index in [2.05, 4.69) is 15.3 Å². The van der Waals surface area contributed by atoms with Crippen molar-refractivity contribution in [2.45, 2.75) is 23.8 Å². The van der Waals surface area contributed by atoms with Crippen molar-refractivity contribution in [2.75, 3.05) is 12.4 Å². The summed E-state index contributed by atoms with van der Waals surface area (Å²) in [6.45, 7) is 3.82. The van der Waals surface area contributed by atoms with E-state index in [4.69, 9.17) is 4.42 Å². The monoisotopic (exact) mass is 235 g/mol. The summed E-state index contributed by atoms with van der Waals surface area (Å²) in [5, 5.41) is 3.93. The van der Waals surface area contributed by atoms with Crippen LogP contribution in [-0.2, 0) is 0 Å². The maximum atomic E-state index is 5.24. The highest BCUT2D eigenvalue weighted by Crippen LogP contribution is 2.30. The van der Waals surface area contributed by atoms with Crippen molar-refractivity contribution in [1.29, 1.82) is 0 Å². The molecule has 2 aromatic heterocycles. The molecular formula is C11H13N3OS. The van der Waals surface area contributed by atoms with E-state index >= 15 is 0 Å². The van der Waals surface area contributed by atoms with Crippen LogP contribution < -0.4 is 5.32 Å². The number of aryl methyl sites for hydroxylation is 2. The van der Waals surface area contributed by atoms with Crippen LogP contribution in [-0.4, -0.2) is 17.0 Å². The van der Waals surface area contributed by atoms with Gasteiger partial charge in [0.25, 0.3) is 0 Å². The van der Waals surface area contributed by atoms with Gasteiger partial charge >= 0.3 is 0 Å². The highest BCUT2D eigenvalue weighted by molar-refractivity contribution is 7.99. The van der Waals surface area contributed by atoms with Crippen LogP contribution in [0.15, 0.2) is 32.7 Å². The summed E-state index contributed by atoms with van der Waals surface area (Å²) in [6, 6.07) is 3.86. The predicted molar refractivity (Wildman–Crippen MR) is 63.9 cm³/mol. The zero-order valence-electron chi connectivity index (χ0n) is 9.44. The van der Waals surface area contributed by atoms with E-state index in [0.29, 0.717) is 0 Å². The topological polar surface area (TPSA) is 51.0 Å². The Labute approximate surface area is 98.5 Å². The van der Waals surface area contributed by atoms with Gasteiger partial charge in [-0.05, 0) is 19.9 Å². The largest absolute Gasteiger partial charge is 0.468 e. The van der Waals surface area contributed by atoms with Gasteiger partial charge in [0.15, 0.2) is 0 Å². The van der Waals surface area contributed by atoms with E-state index in [-0.39, 0.29) is 0 Å². The van der Waals surface area contributed by atoms with Crippen LogP contribution in [0.4, 0.5) is 5.82 Å². The number of rotatable bonds is 3. The lowest BCUT2D eigenvalue weighted by Crippen LogP contribution is -1.97. The smallest absolute Gasteiger partial charge is 0.130 e. The second-order valence-electron chi connectivity index (χ2n) is 3.33. The predicted octanol–water partition coefficient (Wildman–Crippen LogP) is 2.88. The average Bonchev–Trinajstić information content (AvgIpc) is 2.63. The molecule has 0 aromatic carbocycles. The molecule has 5 heteroatoms. The number of nitrogens with one attached hydrogen (secondary N) is 1. The van der Waals surface area contributed by atoms with Crippen LogP contribution in [0.5, 0.6) is 0 Å². The third-order valence-corrected chi connectivity index (χ3v) is 3.16. The fourth-order valence-corrected chi connectivity index (χ4v) is 2.20. The summed E-state index contributed by atoms with van der Waals surface area (Å²) >= 11 is 1.58. The van der Waals surface area contributed by atoms with E-state index in [1.807, 2.05) is 33.0 Å². The van der Waals surface area contributed by atoms with Crippen LogP contribution in [0.25, 0.3) is 0 Å². The molecule has 0 spiro atoms. The van der Waals surface area contributed by atoms with Crippen molar-refractivity contribution in [3.05, 3.63) is 30.0 Å². The number of hydrogen-bond acceptors (Lipinski definition) is 5. The summed E-state index contributed by atoms with van der Waals surface area (Å²) < 4.78 is 5.24. The average molecular weight is 235 g/mol. The van der Waals surface area contributed by atoms with Gasteiger partial charge in [0.2, 0.25) is 0 Å². The Morgan fingerprint density at radius 3 is 2.75 bits per heavy atom. The van der Waals surface area contributed by atoms with Crippen molar-refractivity contribution in [3.63, 3.8) is 0 Å². The Morgan fingerprint density at radius 1 is 1.31 bits per heavy atom. The van der Waals surface area contributed by atoms with Crippen LogP contribution in [0.3, 0.4) is 0 Å². The molecule has 0 bridgehead atoms. The summed E-state index contributed by atoms with van der Waals surface area (Å²) in [5.41, 5.74) is 0. The normalized spacial score (nSPS) is 10.4. The molecule has 2 heterocycles. The number of hydrogen-bond donors (Lipinski definition) is 1. The van der Waals surface area contributed by atoms with E-state index in [1.165, 1.54) is 0 Å². The van der Waals surface area contributed by atoms with E-state index in [1.54, 1.807) is 18.0 Å². The zero-order chi connectivity index (χ0) is 11.5. The molecule has 0 unspecified atom stereocenters. The minimum Gasteiger partial charge on any atom is -0.468 e. The van der Waals surface area contributed by atoms with Gasteiger partial charge in [-0.25, -0.2) is 9.97 Å². The highest BCUT2D eigenvalue weighted by atomic mass is 32.2. The fraction of sp³-hybridized carbons (Fsp3) is 0.273. The summed E-state index contributed by atoms with van der Waals surface area (Å²) in [4.78, 5) is 9.70. The van der Waals surface area contributed by atoms with Gasteiger partial charge < -0.3 is 9.73 Å². The minimum atomic E-state index is 0.760. The number of aromatic nitrogens is 2. The van der Waals surface area contributed by atoms with Gasteiger partial charge in [0.05, 0.1) is 11.2 Å². The Bertz CT molecular complexity index is 496. The SMILES string of the molecule is CNc1cc(Sc2ccoc2C)nc(C)n1. The Hall–Kier alpha value is -1.49. The van der Waals surface area contributed by atoms with Gasteiger partial charge in [0, 0.05) is 13.1 Å². The Balaban J connectivity index is 2.28. The van der Waals surface area contributed by atoms with Gasteiger partial charge in [-0.1, -0.05) is 11.8 Å². The van der Waals surface area contributed by atoms with Gasteiger partial charge in [-0.2, -0.15) is 0 Å². The van der Waals surface area contributed by atoms with Crippen molar-refractivity contribution >= 4 is 17.6 Å². The highest BCUT2D eigenvalue weighted by Gasteiger charge is 2.06. The summed E-state index contributed by atoms with van der Waals surface area (Å²) in [6.07, 6.45) is 1.69. The maximum absolute atomic E-state index is 5.24. The van der Waals surface area contributed by atoms with E-state index in [0.717, 1.165) is 27.3 Å². The molecular weight excluding hydrogens is 222 g/mol. The third-order valence-electron chi connectivity index (χ3n) is 2.10. The molecule has 84 valence electrons. The van der Waals surface area contributed by atoms with Gasteiger partial charge in [0.1, 0.15) is 22.4 Å². The molecule has 0 amide bonds. The molecule has 0 aliphatic rings. The molecule has 0 aliphatic carbocycles. The second kappa shape index (κ2) is 4.57. The first kappa shape index (κ1) is 11.0. The molecule has 1 N–H and O–H groups in total. The van der Waals surface area contributed by atoms with Crippen molar-refractivity contribution < 1.29 is 4.42 Å². The quantitative estimate of drug-likeness (QED) is 0.829. The van der Waals surface area contributed by atoms with E-state index in [9.17, 15) is 0 Å². The lowest BCUT2D eigenvalue weighted by molar-refractivity contribution is 0.527. The molecule has 0 radical (unpaired) electrons. The summed E-state index contributed by atoms with van der Waals surface area (Å²) in [7, 11) is 1.85. The van der Waals surface area contributed by atoms with Crippen LogP contribution in [0, 0.1) is 13.8 Å². The summed E-state index contributed by atoms with van der Waals surface area (Å²) in [5.74, 6) is 2.50. The number of nitrogens with zero attached hydrogens (tertiary/aromatic N) is 2. The molecule has 0 saturated carbocycles. The number of anilines is 1. The van der Waals surface area contributed by atoms with Crippen LogP contribution >= 0.6 is 11.8 Å². The lowest BCUT2D eigenvalue weighted by Gasteiger charge is -2.04. The fourth-order valence-electron chi connectivity index (χ4n) is 1.31. The second-order valence-corrected chi connectivity index (χ2v) is 4.39. The lowest BCUT2D eigenvalue weighted by atomic mass is 10.5. The van der Waals surface area contributed by atoms with Crippen LogP contribution in [0.1, 0.15) is 11.6 Å². The molecule has 2 rings (SSSR count). The van der Waals surface area contributed by atoms with Crippen LogP contribution in [0.2, 0.25) is 0 Å². The molecule has 0 fully saturated rings. The third kappa shape index (κ3) is 2.36. The maximum Gasteiger partial charge on any atom is 0.130 e. The molecule has 16 heavy (non-hydrogen) atoms. The first-order valence-corrected chi connectivity index (χ1v) is 5.76. The molecule has 0 atom stereocenters.